The van der Waals surface area contributed by atoms with Crippen LogP contribution in [-0.4, -0.2) is 21.6 Å². The summed E-state index contributed by atoms with van der Waals surface area (Å²) in [6.45, 7) is 2.60. The lowest BCUT2D eigenvalue weighted by atomic mass is 10.2. The average molecular weight is 243 g/mol. The molecule has 2 rings (SSSR count). The highest BCUT2D eigenvalue weighted by molar-refractivity contribution is 7.89. The van der Waals surface area contributed by atoms with Gasteiger partial charge in [0.1, 0.15) is 5.75 Å². The number of hydrogen-bond donors (Lipinski definition) is 1. The Kier molecular flexibility index (Phi) is 3.13. The fourth-order valence-electron chi connectivity index (χ4n) is 1.51. The maximum Gasteiger partial charge on any atom is 0.262 e. The third-order valence-corrected chi connectivity index (χ3v) is 3.50. The van der Waals surface area contributed by atoms with Crippen LogP contribution in [0.1, 0.15) is 12.5 Å². The monoisotopic (exact) mass is 243 g/mol. The molecule has 5 nitrogen and oxygen atoms in total. The van der Waals surface area contributed by atoms with Crippen LogP contribution in [0.5, 0.6) is 5.75 Å². The van der Waals surface area contributed by atoms with E-state index in [2.05, 4.69) is 0 Å². The Labute approximate surface area is 94.4 Å². The van der Waals surface area contributed by atoms with Gasteiger partial charge in [-0.1, -0.05) is 4.89 Å². The summed E-state index contributed by atoms with van der Waals surface area (Å²) < 4.78 is 28.7. The Morgan fingerprint density at radius 1 is 1.50 bits per heavy atom. The second kappa shape index (κ2) is 4.40. The minimum Gasteiger partial charge on any atom is -0.493 e. The molecule has 1 aliphatic heterocycles. The number of ether oxygens (including phenoxy) is 1. The zero-order chi connectivity index (χ0) is 11.6. The third kappa shape index (κ3) is 2.18. The lowest BCUT2D eigenvalue weighted by Gasteiger charge is -2.06. The van der Waals surface area contributed by atoms with Gasteiger partial charge in [0.15, 0.2) is 0 Å². The molecule has 88 valence electrons. The number of sulfonamides is 1. The van der Waals surface area contributed by atoms with E-state index in [-0.39, 0.29) is 11.5 Å². The molecular weight excluding hydrogens is 230 g/mol. The molecule has 0 bridgehead atoms. The predicted octanol–water partition coefficient (Wildman–Crippen LogP) is 0.851. The van der Waals surface area contributed by atoms with E-state index in [4.69, 9.17) is 9.57 Å². The lowest BCUT2D eigenvalue weighted by Crippen LogP contribution is -2.24. The van der Waals surface area contributed by atoms with Gasteiger partial charge in [0.05, 0.1) is 18.1 Å². The fraction of sp³-hybridized carbons (Fsp3) is 0.400. The second-order valence-electron chi connectivity index (χ2n) is 3.39. The third-order valence-electron chi connectivity index (χ3n) is 2.28. The van der Waals surface area contributed by atoms with Crippen molar-refractivity contribution in [1.82, 2.24) is 4.89 Å². The summed E-state index contributed by atoms with van der Waals surface area (Å²) in [5.74, 6) is 0.760. The molecule has 1 aromatic rings. The van der Waals surface area contributed by atoms with E-state index in [9.17, 15) is 8.42 Å². The van der Waals surface area contributed by atoms with Gasteiger partial charge in [0.2, 0.25) is 0 Å². The number of benzene rings is 1. The maximum absolute atomic E-state index is 11.7. The molecular formula is C10H13NO4S. The number of rotatable bonds is 4. The highest BCUT2D eigenvalue weighted by atomic mass is 32.2. The first kappa shape index (κ1) is 11.4. The molecule has 0 atom stereocenters. The quantitative estimate of drug-likeness (QED) is 0.796. The van der Waals surface area contributed by atoms with Crippen LogP contribution in [0, 0.1) is 0 Å². The van der Waals surface area contributed by atoms with Crippen molar-refractivity contribution in [2.45, 2.75) is 18.2 Å². The van der Waals surface area contributed by atoms with Crippen molar-refractivity contribution in [1.29, 1.82) is 0 Å². The van der Waals surface area contributed by atoms with Crippen LogP contribution in [-0.2, 0) is 21.3 Å². The predicted molar refractivity (Wildman–Crippen MR) is 57.6 cm³/mol. The first-order chi connectivity index (χ1) is 7.63. The van der Waals surface area contributed by atoms with E-state index >= 15 is 0 Å². The molecule has 0 fully saturated rings. The molecule has 0 aromatic heterocycles. The summed E-state index contributed by atoms with van der Waals surface area (Å²) in [5, 5.41) is 0. The first-order valence-electron chi connectivity index (χ1n) is 5.03. The largest absolute Gasteiger partial charge is 0.493 e. The Bertz CT molecular complexity index is 484. The van der Waals surface area contributed by atoms with Crippen LogP contribution < -0.4 is 9.62 Å². The van der Waals surface area contributed by atoms with Gasteiger partial charge in [-0.05, 0) is 30.7 Å². The van der Waals surface area contributed by atoms with Crippen molar-refractivity contribution < 1.29 is 18.0 Å². The van der Waals surface area contributed by atoms with Crippen molar-refractivity contribution in [3.8, 4) is 5.75 Å². The number of hydrogen-bond acceptors (Lipinski definition) is 4. The van der Waals surface area contributed by atoms with E-state index < -0.39 is 10.0 Å². The van der Waals surface area contributed by atoms with E-state index in [1.165, 1.54) is 6.07 Å². The number of nitrogens with one attached hydrogen (secondary N) is 1. The van der Waals surface area contributed by atoms with Crippen LogP contribution >= 0.6 is 0 Å². The van der Waals surface area contributed by atoms with Gasteiger partial charge in [-0.2, -0.15) is 0 Å². The highest BCUT2D eigenvalue weighted by Crippen LogP contribution is 2.27. The van der Waals surface area contributed by atoms with Gasteiger partial charge >= 0.3 is 0 Å². The first-order valence-corrected chi connectivity index (χ1v) is 6.51. The molecule has 16 heavy (non-hydrogen) atoms. The van der Waals surface area contributed by atoms with Gasteiger partial charge in [0, 0.05) is 6.42 Å². The molecule has 0 spiro atoms. The lowest BCUT2D eigenvalue weighted by molar-refractivity contribution is 0.105. The standard InChI is InChI=1S/C10H13NO4S/c1-2-15-11-16(12,13)9-3-4-10-8(7-9)5-6-14-10/h3-4,7,11H,2,5-6H2,1H3. The SMILES string of the molecule is CCONS(=O)(=O)c1ccc2c(c1)CCO2. The van der Waals surface area contributed by atoms with Gasteiger partial charge in [-0.3, -0.25) is 4.84 Å². The van der Waals surface area contributed by atoms with Crippen molar-refractivity contribution >= 4 is 10.0 Å². The molecule has 0 aliphatic carbocycles. The molecule has 6 heteroatoms. The molecule has 0 saturated carbocycles. The Hall–Kier alpha value is -1.11. The molecule has 1 heterocycles. The normalized spacial score (nSPS) is 14.6. The minimum atomic E-state index is -3.57. The zero-order valence-electron chi connectivity index (χ0n) is 8.89. The summed E-state index contributed by atoms with van der Waals surface area (Å²) in [6, 6.07) is 4.79. The highest BCUT2D eigenvalue weighted by Gasteiger charge is 2.19. The molecule has 0 amide bonds. The van der Waals surface area contributed by atoms with Crippen LogP contribution in [0.2, 0.25) is 0 Å². The van der Waals surface area contributed by atoms with Gasteiger partial charge in [-0.25, -0.2) is 8.42 Å². The van der Waals surface area contributed by atoms with Crippen LogP contribution in [0.25, 0.3) is 0 Å². The topological polar surface area (TPSA) is 64.6 Å². The van der Waals surface area contributed by atoms with E-state index in [0.717, 1.165) is 17.7 Å². The average Bonchev–Trinajstić information content (AvgIpc) is 2.73. The smallest absolute Gasteiger partial charge is 0.262 e. The Morgan fingerprint density at radius 3 is 3.06 bits per heavy atom. The Morgan fingerprint density at radius 2 is 2.31 bits per heavy atom. The summed E-state index contributed by atoms with van der Waals surface area (Å²) >= 11 is 0. The molecule has 0 radical (unpaired) electrons. The van der Waals surface area contributed by atoms with Crippen LogP contribution in [0.3, 0.4) is 0 Å². The van der Waals surface area contributed by atoms with E-state index in [1.807, 2.05) is 4.89 Å². The van der Waals surface area contributed by atoms with E-state index in [1.54, 1.807) is 19.1 Å². The van der Waals surface area contributed by atoms with Gasteiger partial charge in [-0.15, -0.1) is 0 Å². The molecule has 1 N–H and O–H groups in total. The fourth-order valence-corrected chi connectivity index (χ4v) is 2.43. The molecule has 1 aromatic carbocycles. The minimum absolute atomic E-state index is 0.199. The molecule has 0 unspecified atom stereocenters. The van der Waals surface area contributed by atoms with Gasteiger partial charge < -0.3 is 4.74 Å². The summed E-state index contributed by atoms with van der Waals surface area (Å²) in [4.78, 5) is 6.95. The summed E-state index contributed by atoms with van der Waals surface area (Å²) in [7, 11) is -3.57. The Balaban J connectivity index is 2.27. The van der Waals surface area contributed by atoms with Crippen molar-refractivity contribution in [3.63, 3.8) is 0 Å². The van der Waals surface area contributed by atoms with Gasteiger partial charge in [0.25, 0.3) is 10.0 Å². The van der Waals surface area contributed by atoms with Crippen molar-refractivity contribution in [2.24, 2.45) is 0 Å². The molecule has 0 saturated heterocycles. The zero-order valence-corrected chi connectivity index (χ0v) is 9.71. The maximum atomic E-state index is 11.7. The van der Waals surface area contributed by atoms with Crippen LogP contribution in [0.4, 0.5) is 0 Å². The number of fused-ring (bicyclic) bond motifs is 1. The van der Waals surface area contributed by atoms with Crippen molar-refractivity contribution in [2.75, 3.05) is 13.2 Å². The summed E-state index contributed by atoms with van der Waals surface area (Å²) in [6.07, 6.45) is 0.743. The molecule has 1 aliphatic rings. The van der Waals surface area contributed by atoms with Crippen molar-refractivity contribution in [3.05, 3.63) is 23.8 Å². The second-order valence-corrected chi connectivity index (χ2v) is 5.03. The summed E-state index contributed by atoms with van der Waals surface area (Å²) in [5.41, 5.74) is 0.916. The van der Waals surface area contributed by atoms with E-state index in [0.29, 0.717) is 6.61 Å². The van der Waals surface area contributed by atoms with Crippen LogP contribution in [0.15, 0.2) is 23.1 Å².